The van der Waals surface area contributed by atoms with Crippen LogP contribution in [0.3, 0.4) is 0 Å². The average molecular weight is 511 g/mol. The van der Waals surface area contributed by atoms with Gasteiger partial charge < -0.3 is 14.0 Å². The van der Waals surface area contributed by atoms with Gasteiger partial charge in [-0.2, -0.15) is 0 Å². The summed E-state index contributed by atoms with van der Waals surface area (Å²) in [6.07, 6.45) is 6.28. The summed E-state index contributed by atoms with van der Waals surface area (Å²) in [5.74, 6) is -0.187. The first kappa shape index (κ1) is 23.1. The Kier molecular flexibility index (Phi) is 5.33. The van der Waals surface area contributed by atoms with Crippen LogP contribution in [0.15, 0.2) is 71.5 Å². The number of benzene rings is 2. The molecular formula is C30H30N4O4. The van der Waals surface area contributed by atoms with Crippen molar-refractivity contribution in [2.45, 2.75) is 38.6 Å². The number of hydrogen-bond donors (Lipinski definition) is 1. The van der Waals surface area contributed by atoms with Crippen molar-refractivity contribution < 1.29 is 14.3 Å². The summed E-state index contributed by atoms with van der Waals surface area (Å²) in [4.78, 5) is 28.7. The zero-order valence-corrected chi connectivity index (χ0v) is 21.4. The van der Waals surface area contributed by atoms with Gasteiger partial charge in [0.25, 0.3) is 5.56 Å². The molecule has 0 radical (unpaired) electrons. The summed E-state index contributed by atoms with van der Waals surface area (Å²) in [5, 5.41) is 4.14. The smallest absolute Gasteiger partial charge is 0.357 e. The minimum Gasteiger partial charge on any atom is -0.441 e. The third-order valence-corrected chi connectivity index (χ3v) is 8.57. The maximum Gasteiger partial charge on any atom is 0.357 e. The van der Waals surface area contributed by atoms with Gasteiger partial charge in [-0.05, 0) is 62.1 Å². The first-order valence-electron chi connectivity index (χ1n) is 13.4. The largest absolute Gasteiger partial charge is 0.441 e. The number of aromatic nitrogens is 3. The standard InChI is InChI=1S/C30H30N4O4/c1-2-30-14-8-15-32-16-13-22-21-11-6-7-12-23(21)33(27(22)28(30)32)24(18-30)29(36)38-19-37-25-17-26(35)34(31-25)20-9-4-3-5-10-20/h3-7,9-12,17-18,28,31H,2,8,13-16,19H2,1H3. The van der Waals surface area contributed by atoms with E-state index in [1.54, 1.807) is 0 Å². The fraction of sp³-hybridized carbons (Fsp3) is 0.333. The van der Waals surface area contributed by atoms with Crippen LogP contribution >= 0.6 is 0 Å². The van der Waals surface area contributed by atoms with Crippen LogP contribution < -0.4 is 10.3 Å². The Bertz CT molecular complexity index is 1630. The Hall–Kier alpha value is -4.04. The number of nitrogens with one attached hydrogen (secondary N) is 1. The molecule has 0 spiro atoms. The van der Waals surface area contributed by atoms with Gasteiger partial charge in [-0.1, -0.05) is 43.3 Å². The van der Waals surface area contributed by atoms with E-state index in [1.807, 2.05) is 36.4 Å². The number of nitrogens with zero attached hydrogens (tertiary/aromatic N) is 3. The summed E-state index contributed by atoms with van der Waals surface area (Å²) in [6.45, 7) is 4.07. The van der Waals surface area contributed by atoms with E-state index in [0.29, 0.717) is 11.4 Å². The van der Waals surface area contributed by atoms with E-state index in [1.165, 1.54) is 27.4 Å². The number of carbonyl (C=O) groups excluding carboxylic acids is 1. The zero-order chi connectivity index (χ0) is 25.9. The molecule has 2 unspecified atom stereocenters. The van der Waals surface area contributed by atoms with Gasteiger partial charge in [0.15, 0.2) is 0 Å². The minimum absolute atomic E-state index is 0.106. The highest BCUT2D eigenvalue weighted by molar-refractivity contribution is 6.13. The van der Waals surface area contributed by atoms with Crippen LogP contribution in [-0.4, -0.2) is 45.1 Å². The summed E-state index contributed by atoms with van der Waals surface area (Å²) in [7, 11) is 0. The molecule has 3 aliphatic heterocycles. The van der Waals surface area contributed by atoms with Crippen molar-refractivity contribution >= 4 is 22.6 Å². The molecule has 1 saturated heterocycles. The molecule has 0 amide bonds. The Balaban J connectivity index is 1.20. The highest BCUT2D eigenvalue weighted by Gasteiger charge is 2.51. The molecule has 7 rings (SSSR count). The van der Waals surface area contributed by atoms with Crippen LogP contribution in [0.5, 0.6) is 5.88 Å². The molecule has 5 heterocycles. The predicted molar refractivity (Wildman–Crippen MR) is 144 cm³/mol. The number of carbonyl (C=O) groups is 1. The third-order valence-electron chi connectivity index (χ3n) is 8.57. The van der Waals surface area contributed by atoms with E-state index in [4.69, 9.17) is 9.47 Å². The number of H-pyrrole nitrogens is 1. The molecule has 0 aliphatic carbocycles. The van der Waals surface area contributed by atoms with Crippen molar-refractivity contribution in [3.63, 3.8) is 0 Å². The van der Waals surface area contributed by atoms with Gasteiger partial charge in [0.1, 0.15) is 5.70 Å². The third kappa shape index (κ3) is 3.40. The number of esters is 1. The summed E-state index contributed by atoms with van der Waals surface area (Å²) >= 11 is 0. The van der Waals surface area contributed by atoms with E-state index < -0.39 is 5.97 Å². The van der Waals surface area contributed by atoms with Gasteiger partial charge in [0, 0.05) is 23.0 Å². The normalized spacial score (nSPS) is 22.1. The number of aromatic amines is 1. The number of para-hydroxylation sites is 2. The molecule has 38 heavy (non-hydrogen) atoms. The zero-order valence-electron chi connectivity index (χ0n) is 21.4. The van der Waals surface area contributed by atoms with E-state index in [-0.39, 0.29) is 29.7 Å². The molecule has 2 aromatic carbocycles. The highest BCUT2D eigenvalue weighted by Crippen LogP contribution is 2.57. The van der Waals surface area contributed by atoms with Gasteiger partial charge in [-0.15, -0.1) is 0 Å². The van der Waals surface area contributed by atoms with Crippen LogP contribution in [0.2, 0.25) is 0 Å². The van der Waals surface area contributed by atoms with E-state index in [9.17, 15) is 9.59 Å². The van der Waals surface area contributed by atoms with Gasteiger partial charge in [-0.25, -0.2) is 9.48 Å². The van der Waals surface area contributed by atoms with E-state index in [2.05, 4.69) is 45.8 Å². The van der Waals surface area contributed by atoms with Gasteiger partial charge >= 0.3 is 5.97 Å². The van der Waals surface area contributed by atoms with Crippen LogP contribution in [-0.2, 0) is 16.0 Å². The molecule has 2 atom stereocenters. The second kappa shape index (κ2) is 8.77. The van der Waals surface area contributed by atoms with Crippen LogP contribution in [0.25, 0.3) is 22.3 Å². The maximum atomic E-state index is 13.6. The number of ether oxygens (including phenoxy) is 2. The molecule has 0 bridgehead atoms. The first-order chi connectivity index (χ1) is 18.6. The predicted octanol–water partition coefficient (Wildman–Crippen LogP) is 4.64. The molecule has 8 heteroatoms. The molecule has 8 nitrogen and oxygen atoms in total. The van der Waals surface area contributed by atoms with Crippen molar-refractivity contribution in [1.29, 1.82) is 0 Å². The fourth-order valence-electron chi connectivity index (χ4n) is 6.87. The van der Waals surface area contributed by atoms with Crippen molar-refractivity contribution in [2.24, 2.45) is 5.41 Å². The number of rotatable bonds is 6. The molecule has 194 valence electrons. The molecule has 1 N–H and O–H groups in total. The Labute approximate surface area is 220 Å². The number of fused-ring (bicyclic) bond motifs is 3. The quantitative estimate of drug-likeness (QED) is 0.302. The number of hydrogen-bond acceptors (Lipinski definition) is 5. The van der Waals surface area contributed by atoms with Crippen molar-refractivity contribution in [3.05, 3.63) is 88.4 Å². The SMILES string of the molecule is CCC12C=C(C(=O)OCOc3cc(=O)n(-c4ccccc4)[nH]3)n3c4c(c5ccccc53)CCN(CCC1)C42. The van der Waals surface area contributed by atoms with Gasteiger partial charge in [-0.3, -0.25) is 14.8 Å². The highest BCUT2D eigenvalue weighted by atomic mass is 16.7. The Morgan fingerprint density at radius 3 is 2.76 bits per heavy atom. The maximum absolute atomic E-state index is 13.6. The lowest BCUT2D eigenvalue weighted by atomic mass is 9.66. The Morgan fingerprint density at radius 2 is 1.92 bits per heavy atom. The lowest BCUT2D eigenvalue weighted by molar-refractivity contribution is -0.143. The van der Waals surface area contributed by atoms with Crippen molar-refractivity contribution in [3.8, 4) is 11.6 Å². The second-order valence-electron chi connectivity index (χ2n) is 10.4. The summed E-state index contributed by atoms with van der Waals surface area (Å²) in [5.41, 5.74) is 4.55. The molecular weight excluding hydrogens is 480 g/mol. The van der Waals surface area contributed by atoms with Crippen LogP contribution in [0, 0.1) is 5.41 Å². The van der Waals surface area contributed by atoms with Crippen LogP contribution in [0.4, 0.5) is 0 Å². The molecule has 2 aromatic heterocycles. The average Bonchev–Trinajstić information content (AvgIpc) is 3.50. The van der Waals surface area contributed by atoms with Crippen molar-refractivity contribution in [1.82, 2.24) is 19.2 Å². The van der Waals surface area contributed by atoms with Gasteiger partial charge in [0.2, 0.25) is 12.7 Å². The first-order valence-corrected chi connectivity index (χ1v) is 13.4. The Morgan fingerprint density at radius 1 is 1.11 bits per heavy atom. The molecule has 3 aliphatic rings. The topological polar surface area (TPSA) is 81.5 Å². The van der Waals surface area contributed by atoms with Crippen LogP contribution in [0.1, 0.15) is 43.5 Å². The number of piperidine rings is 1. The minimum atomic E-state index is -0.424. The van der Waals surface area contributed by atoms with Crippen molar-refractivity contribution in [2.75, 3.05) is 19.9 Å². The fourth-order valence-corrected chi connectivity index (χ4v) is 6.87. The molecule has 0 saturated carbocycles. The second-order valence-corrected chi connectivity index (χ2v) is 10.4. The summed E-state index contributed by atoms with van der Waals surface area (Å²) in [6, 6.07) is 19.2. The monoisotopic (exact) mass is 510 g/mol. The lowest BCUT2D eigenvalue weighted by Crippen LogP contribution is -2.51. The van der Waals surface area contributed by atoms with Gasteiger partial charge in [0.05, 0.1) is 23.3 Å². The summed E-state index contributed by atoms with van der Waals surface area (Å²) < 4.78 is 14.9. The van der Waals surface area contributed by atoms with E-state index >= 15 is 0 Å². The van der Waals surface area contributed by atoms with E-state index in [0.717, 1.165) is 44.3 Å². The lowest BCUT2D eigenvalue weighted by Gasteiger charge is -2.53. The molecule has 4 aromatic rings. The molecule has 1 fully saturated rings.